The molecule has 2 heterocycles. The largest absolute Gasteiger partial charge is 0.465 e. The van der Waals surface area contributed by atoms with Gasteiger partial charge in [-0.15, -0.1) is 0 Å². The molecule has 1 aromatic rings. The minimum atomic E-state index is -1.56. The molecule has 8 heteroatoms. The topological polar surface area (TPSA) is 79.4 Å². The van der Waals surface area contributed by atoms with E-state index in [0.717, 1.165) is 0 Å². The molecule has 0 spiro atoms. The smallest absolute Gasteiger partial charge is 0.403 e. The highest BCUT2D eigenvalue weighted by Gasteiger charge is 2.56. The van der Waals surface area contributed by atoms with Crippen molar-refractivity contribution in [3.63, 3.8) is 0 Å². The van der Waals surface area contributed by atoms with Gasteiger partial charge in [0.05, 0.1) is 11.2 Å². The van der Waals surface area contributed by atoms with Gasteiger partial charge in [-0.25, -0.2) is 9.35 Å². The summed E-state index contributed by atoms with van der Waals surface area (Å²) in [7, 11) is -1.89. The van der Waals surface area contributed by atoms with E-state index in [1.807, 2.05) is 27.7 Å². The van der Waals surface area contributed by atoms with Crippen molar-refractivity contribution in [2.75, 3.05) is 0 Å². The average molecular weight is 313 g/mol. The third-order valence-corrected chi connectivity index (χ3v) is 4.91. The van der Waals surface area contributed by atoms with E-state index >= 15 is 0 Å². The number of aromatic nitrogens is 2. The van der Waals surface area contributed by atoms with Gasteiger partial charge in [-0.1, -0.05) is 13.8 Å². The van der Waals surface area contributed by atoms with Crippen LogP contribution in [0.1, 0.15) is 41.5 Å². The van der Waals surface area contributed by atoms with Crippen molar-refractivity contribution in [1.29, 1.82) is 0 Å². The molecule has 2 rings (SSSR count). The van der Waals surface area contributed by atoms with Crippen molar-refractivity contribution in [3.8, 4) is 0 Å². The molecule has 0 bridgehead atoms. The molecule has 1 fully saturated rings. The maximum atomic E-state index is 11.2. The average Bonchev–Trinajstić information content (AvgIpc) is 2.82. The molecule has 1 aliphatic rings. The van der Waals surface area contributed by atoms with Gasteiger partial charge in [-0.3, -0.25) is 4.68 Å². The normalized spacial score (nSPS) is 22.5. The third kappa shape index (κ3) is 3.23. The summed E-state index contributed by atoms with van der Waals surface area (Å²) < 4.78 is 25.2. The quantitative estimate of drug-likeness (QED) is 0.859. The molecule has 0 saturated carbocycles. The molecule has 118 valence electrons. The number of nitrogens with zero attached hydrogens (tertiary/aromatic N) is 2. The lowest BCUT2D eigenvalue weighted by atomic mass is 9.59. The zero-order valence-electron chi connectivity index (χ0n) is 13.5. The minimum Gasteiger partial charge on any atom is -0.403 e. The monoisotopic (exact) mass is 313 g/mol. The Kier molecular flexibility index (Phi) is 4.12. The first-order chi connectivity index (χ1) is 9.45. The van der Waals surface area contributed by atoms with Crippen LogP contribution in [0.25, 0.3) is 0 Å². The summed E-state index contributed by atoms with van der Waals surface area (Å²) in [6, 6.07) is 1.66. The van der Waals surface area contributed by atoms with Gasteiger partial charge in [0.1, 0.15) is 11.0 Å². The van der Waals surface area contributed by atoms with Gasteiger partial charge in [0.2, 0.25) is 0 Å². The Hall–Kier alpha value is -0.695. The van der Waals surface area contributed by atoms with E-state index in [0.29, 0.717) is 11.6 Å². The minimum absolute atomic E-state index is 0.287. The molecule has 0 aromatic carbocycles. The van der Waals surface area contributed by atoms with Crippen molar-refractivity contribution in [1.82, 2.24) is 9.78 Å². The number of hydrogen-bond donors (Lipinski definition) is 1. The van der Waals surface area contributed by atoms with E-state index in [9.17, 15) is 4.21 Å². The van der Waals surface area contributed by atoms with Crippen molar-refractivity contribution >= 4 is 18.1 Å². The predicted molar refractivity (Wildman–Crippen MR) is 82.9 cm³/mol. The molecule has 6 nitrogen and oxygen atoms in total. The van der Waals surface area contributed by atoms with Gasteiger partial charge in [0.25, 0.3) is 0 Å². The second-order valence-corrected chi connectivity index (χ2v) is 8.24. The Bertz CT molecular complexity index is 541. The van der Waals surface area contributed by atoms with E-state index in [2.05, 4.69) is 18.9 Å². The molecule has 21 heavy (non-hydrogen) atoms. The molecular weight excluding hydrogens is 289 g/mol. The van der Waals surface area contributed by atoms with Crippen molar-refractivity contribution < 1.29 is 13.5 Å². The van der Waals surface area contributed by atoms with Crippen LogP contribution in [0.4, 0.5) is 0 Å². The molecule has 0 amide bonds. The van der Waals surface area contributed by atoms with E-state index in [-0.39, 0.29) is 23.6 Å². The maximum Gasteiger partial charge on any atom is 0.465 e. The van der Waals surface area contributed by atoms with Crippen LogP contribution in [0.5, 0.6) is 0 Å². The maximum absolute atomic E-state index is 11.2. The van der Waals surface area contributed by atoms with Crippen molar-refractivity contribution in [2.45, 2.75) is 69.6 Å². The summed E-state index contributed by atoms with van der Waals surface area (Å²) >= 11 is 0. The third-order valence-electron chi connectivity index (χ3n) is 4.28. The van der Waals surface area contributed by atoms with E-state index in [1.54, 1.807) is 16.9 Å². The summed E-state index contributed by atoms with van der Waals surface area (Å²) in [5.41, 5.74) is -0.716. The molecule has 2 N–H and O–H groups in total. The Balaban J connectivity index is 2.13. The number of rotatable bonds is 4. The Labute approximate surface area is 129 Å². The molecule has 1 aliphatic heterocycles. The highest BCUT2D eigenvalue weighted by Crippen LogP contribution is 2.45. The molecule has 1 saturated heterocycles. The van der Waals surface area contributed by atoms with Crippen LogP contribution in [0.2, 0.25) is 5.31 Å². The highest BCUT2D eigenvalue weighted by molar-refractivity contribution is 7.82. The van der Waals surface area contributed by atoms with Crippen LogP contribution in [0.3, 0.4) is 0 Å². The molecule has 0 radical (unpaired) electrons. The van der Waals surface area contributed by atoms with Crippen LogP contribution in [0.15, 0.2) is 17.3 Å². The van der Waals surface area contributed by atoms with Crippen LogP contribution in [0, 0.1) is 0 Å². The van der Waals surface area contributed by atoms with Gasteiger partial charge in [0, 0.05) is 18.1 Å². The lowest BCUT2D eigenvalue weighted by Crippen LogP contribution is -2.41. The van der Waals surface area contributed by atoms with Crippen LogP contribution in [-0.4, -0.2) is 32.3 Å². The van der Waals surface area contributed by atoms with Crippen molar-refractivity contribution in [3.05, 3.63) is 12.3 Å². The summed E-state index contributed by atoms with van der Waals surface area (Å²) in [5, 5.41) is 9.64. The summed E-state index contributed by atoms with van der Waals surface area (Å²) in [4.78, 5) is 0. The van der Waals surface area contributed by atoms with Crippen molar-refractivity contribution in [2.24, 2.45) is 5.14 Å². The first-order valence-corrected chi connectivity index (χ1v) is 8.21. The fourth-order valence-electron chi connectivity index (χ4n) is 2.19. The van der Waals surface area contributed by atoms with Crippen LogP contribution >= 0.6 is 0 Å². The fraction of sp³-hybridized carbons (Fsp3) is 0.769. The molecule has 1 unspecified atom stereocenters. The SMILES string of the molecule is CC(C)(Cn1ccc(S(N)=O)n1)B1OC(C)(C)C(C)(C)O1. The number of hydrogen-bond acceptors (Lipinski definition) is 4. The van der Waals surface area contributed by atoms with Gasteiger partial charge in [0.15, 0.2) is 5.03 Å². The lowest BCUT2D eigenvalue weighted by molar-refractivity contribution is 0.00578. The Morgan fingerprint density at radius 1 is 1.33 bits per heavy atom. The predicted octanol–water partition coefficient (Wildman–Crippen LogP) is 1.74. The van der Waals surface area contributed by atoms with Gasteiger partial charge >= 0.3 is 7.12 Å². The summed E-state index contributed by atoms with van der Waals surface area (Å²) in [6.45, 7) is 12.9. The standard InChI is InChI=1S/C13H24BN3O3S/c1-11(2,9-17-8-7-10(16-17)21(15)18)14-19-12(3,4)13(5,6)20-14/h7-8H,9,15H2,1-6H3. The van der Waals surface area contributed by atoms with E-state index < -0.39 is 11.0 Å². The van der Waals surface area contributed by atoms with E-state index in [4.69, 9.17) is 14.4 Å². The lowest BCUT2D eigenvalue weighted by Gasteiger charge is -2.32. The van der Waals surface area contributed by atoms with Gasteiger partial charge in [-0.05, 0) is 33.8 Å². The summed E-state index contributed by atoms with van der Waals surface area (Å²) in [6.07, 6.45) is 1.77. The summed E-state index contributed by atoms with van der Waals surface area (Å²) in [5.74, 6) is 0. The Morgan fingerprint density at radius 3 is 2.29 bits per heavy atom. The first-order valence-electron chi connectivity index (χ1n) is 7.00. The number of nitrogens with two attached hydrogens (primary N) is 1. The second-order valence-electron chi connectivity index (χ2n) is 7.23. The first kappa shape index (κ1) is 16.7. The molecule has 1 aromatic heterocycles. The van der Waals surface area contributed by atoms with Crippen LogP contribution < -0.4 is 5.14 Å². The fourth-order valence-corrected chi connectivity index (χ4v) is 2.57. The molecule has 1 atom stereocenters. The molecule has 0 aliphatic carbocycles. The zero-order chi connectivity index (χ0) is 16.1. The van der Waals surface area contributed by atoms with Gasteiger partial charge in [-0.2, -0.15) is 5.10 Å². The molecular formula is C13H24BN3O3S. The van der Waals surface area contributed by atoms with Gasteiger partial charge < -0.3 is 9.31 Å². The van der Waals surface area contributed by atoms with E-state index in [1.165, 1.54) is 0 Å². The Morgan fingerprint density at radius 2 is 1.86 bits per heavy atom. The second kappa shape index (κ2) is 5.19. The highest BCUT2D eigenvalue weighted by atomic mass is 32.2. The van der Waals surface area contributed by atoms with Crippen LogP contribution in [-0.2, 0) is 26.8 Å². The zero-order valence-corrected chi connectivity index (χ0v) is 14.4.